The normalized spacial score (nSPS) is 19.5. The van der Waals surface area contributed by atoms with Gasteiger partial charge in [0, 0.05) is 23.6 Å². The summed E-state index contributed by atoms with van der Waals surface area (Å²) >= 11 is 1.88. The van der Waals surface area contributed by atoms with Crippen LogP contribution in [0.4, 0.5) is 0 Å². The maximum absolute atomic E-state index is 11.3. The molecule has 1 unspecified atom stereocenters. The summed E-state index contributed by atoms with van der Waals surface area (Å²) < 4.78 is 1.70. The average molecular weight is 253 g/mol. The molecule has 1 aromatic heterocycles. The third kappa shape index (κ3) is 2.72. The van der Waals surface area contributed by atoms with Gasteiger partial charge in [0.2, 0.25) is 0 Å². The van der Waals surface area contributed by atoms with E-state index in [0.29, 0.717) is 17.4 Å². The van der Waals surface area contributed by atoms with E-state index in [9.17, 15) is 9.59 Å². The molecule has 17 heavy (non-hydrogen) atoms. The van der Waals surface area contributed by atoms with Gasteiger partial charge in [-0.05, 0) is 31.6 Å². The Labute approximate surface area is 104 Å². The second-order valence-corrected chi connectivity index (χ2v) is 5.67. The minimum absolute atomic E-state index is 0.0923. The molecule has 2 heterocycles. The molecule has 1 atom stereocenters. The van der Waals surface area contributed by atoms with Gasteiger partial charge in [0.1, 0.15) is 5.69 Å². The van der Waals surface area contributed by atoms with Crippen LogP contribution in [0.2, 0.25) is 0 Å². The van der Waals surface area contributed by atoms with Crippen molar-refractivity contribution in [2.24, 2.45) is 0 Å². The second-order valence-electron chi connectivity index (χ2n) is 4.26. The van der Waals surface area contributed by atoms with E-state index in [1.54, 1.807) is 10.8 Å². The molecule has 0 spiro atoms. The first-order valence-corrected chi connectivity index (χ1v) is 6.69. The Morgan fingerprint density at radius 1 is 1.59 bits per heavy atom. The van der Waals surface area contributed by atoms with Crippen molar-refractivity contribution in [3.8, 4) is 0 Å². The first-order valence-electron chi connectivity index (χ1n) is 5.64. The van der Waals surface area contributed by atoms with Crippen LogP contribution in [-0.4, -0.2) is 32.4 Å². The lowest BCUT2D eigenvalue weighted by atomic mass is 10.2. The van der Waals surface area contributed by atoms with Crippen LogP contribution in [0.1, 0.15) is 40.6 Å². The minimum Gasteiger partial charge on any atom is -0.477 e. The molecule has 0 amide bonds. The molecule has 4 nitrogen and oxygen atoms in total. The number of hydrogen-bond donors (Lipinski definition) is 1. The van der Waals surface area contributed by atoms with Crippen molar-refractivity contribution in [2.45, 2.75) is 31.6 Å². The molecule has 1 aliphatic heterocycles. The summed E-state index contributed by atoms with van der Waals surface area (Å²) in [6.45, 7) is 2.13. The molecular weight excluding hydrogens is 238 g/mol. The largest absolute Gasteiger partial charge is 0.477 e. The molecule has 5 heteroatoms. The van der Waals surface area contributed by atoms with Crippen LogP contribution in [-0.2, 0) is 6.54 Å². The van der Waals surface area contributed by atoms with Crippen molar-refractivity contribution in [1.82, 2.24) is 4.57 Å². The number of thioether (sulfide) groups is 1. The van der Waals surface area contributed by atoms with E-state index in [1.165, 1.54) is 19.4 Å². The Balaban J connectivity index is 2.23. The Hall–Kier alpha value is -1.23. The predicted octanol–water partition coefficient (Wildman–Crippen LogP) is 2.28. The zero-order valence-electron chi connectivity index (χ0n) is 9.68. The van der Waals surface area contributed by atoms with Gasteiger partial charge in [-0.25, -0.2) is 4.79 Å². The number of carboxylic acids is 1. The fourth-order valence-corrected chi connectivity index (χ4v) is 3.31. The van der Waals surface area contributed by atoms with E-state index >= 15 is 0 Å². The number of carbonyl (C=O) groups is 2. The number of aromatic carboxylic acids is 1. The molecule has 92 valence electrons. The van der Waals surface area contributed by atoms with E-state index < -0.39 is 5.97 Å². The summed E-state index contributed by atoms with van der Waals surface area (Å²) in [7, 11) is 0. The second kappa shape index (κ2) is 4.96. The van der Waals surface area contributed by atoms with Crippen LogP contribution in [0.25, 0.3) is 0 Å². The van der Waals surface area contributed by atoms with Gasteiger partial charge >= 0.3 is 5.97 Å². The Kier molecular flexibility index (Phi) is 3.57. The summed E-state index contributed by atoms with van der Waals surface area (Å²) in [4.78, 5) is 22.4. The third-order valence-electron chi connectivity index (χ3n) is 2.95. The van der Waals surface area contributed by atoms with Gasteiger partial charge in [0.05, 0.1) is 0 Å². The number of Topliss-reactive ketones (excluding diaryl/α,β-unsaturated/α-hetero) is 1. The molecule has 1 N–H and O–H groups in total. The number of nitrogens with zero attached hydrogens (tertiary/aromatic N) is 1. The van der Waals surface area contributed by atoms with Crippen LogP contribution in [0, 0.1) is 0 Å². The van der Waals surface area contributed by atoms with Gasteiger partial charge in [-0.15, -0.1) is 0 Å². The van der Waals surface area contributed by atoms with Gasteiger partial charge < -0.3 is 9.67 Å². The molecule has 1 fully saturated rings. The highest BCUT2D eigenvalue weighted by Gasteiger charge is 2.20. The van der Waals surface area contributed by atoms with Gasteiger partial charge in [-0.1, -0.05) is 0 Å². The lowest BCUT2D eigenvalue weighted by Crippen LogP contribution is -2.14. The zero-order valence-corrected chi connectivity index (χ0v) is 10.5. The Morgan fingerprint density at radius 2 is 2.35 bits per heavy atom. The lowest BCUT2D eigenvalue weighted by molar-refractivity contribution is 0.0685. The van der Waals surface area contributed by atoms with Gasteiger partial charge in [0.15, 0.2) is 5.78 Å². The van der Waals surface area contributed by atoms with E-state index in [0.717, 1.165) is 12.2 Å². The minimum atomic E-state index is -0.972. The highest BCUT2D eigenvalue weighted by atomic mass is 32.2. The highest BCUT2D eigenvalue weighted by molar-refractivity contribution is 8.00. The molecule has 1 saturated heterocycles. The standard InChI is InChI=1S/C12H15NO3S/c1-8(14)9-5-11(12(15)16)13(6-9)7-10-3-2-4-17-10/h5-6,10H,2-4,7H2,1H3,(H,15,16). The van der Waals surface area contributed by atoms with Crippen molar-refractivity contribution >= 4 is 23.5 Å². The Bertz CT molecular complexity index is 447. The SMILES string of the molecule is CC(=O)c1cc(C(=O)O)n(CC2CCCS2)c1. The topological polar surface area (TPSA) is 59.3 Å². The first-order chi connectivity index (χ1) is 8.08. The van der Waals surface area contributed by atoms with Gasteiger partial charge in [0.25, 0.3) is 0 Å². The number of carbonyl (C=O) groups excluding carboxylic acids is 1. The Morgan fingerprint density at radius 3 is 2.88 bits per heavy atom. The number of ketones is 1. The molecule has 0 saturated carbocycles. The lowest BCUT2D eigenvalue weighted by Gasteiger charge is -2.11. The van der Waals surface area contributed by atoms with Gasteiger partial charge in [-0.2, -0.15) is 11.8 Å². The van der Waals surface area contributed by atoms with Crippen LogP contribution in [0.15, 0.2) is 12.3 Å². The fraction of sp³-hybridized carbons (Fsp3) is 0.500. The first kappa shape index (κ1) is 12.2. The van der Waals surface area contributed by atoms with Crippen LogP contribution >= 0.6 is 11.8 Å². The molecule has 0 bridgehead atoms. The molecule has 0 radical (unpaired) electrons. The number of hydrogen-bond acceptors (Lipinski definition) is 3. The summed E-state index contributed by atoms with van der Waals surface area (Å²) in [5.74, 6) is 0.0827. The maximum atomic E-state index is 11.3. The molecule has 0 aliphatic carbocycles. The highest BCUT2D eigenvalue weighted by Crippen LogP contribution is 2.28. The summed E-state index contributed by atoms with van der Waals surface area (Å²) in [6, 6.07) is 1.46. The fourth-order valence-electron chi connectivity index (χ4n) is 2.04. The van der Waals surface area contributed by atoms with Crippen molar-refractivity contribution in [3.63, 3.8) is 0 Å². The summed E-state index contributed by atoms with van der Waals surface area (Å²) in [6.07, 6.45) is 3.97. The smallest absolute Gasteiger partial charge is 0.352 e. The van der Waals surface area contributed by atoms with Crippen LogP contribution < -0.4 is 0 Å². The average Bonchev–Trinajstić information content (AvgIpc) is 2.87. The van der Waals surface area contributed by atoms with Crippen molar-refractivity contribution < 1.29 is 14.7 Å². The molecular formula is C12H15NO3S. The molecule has 2 rings (SSSR count). The zero-order chi connectivity index (χ0) is 12.4. The molecule has 1 aromatic rings. The van der Waals surface area contributed by atoms with E-state index in [4.69, 9.17) is 5.11 Å². The summed E-state index contributed by atoms with van der Waals surface area (Å²) in [5.41, 5.74) is 0.688. The summed E-state index contributed by atoms with van der Waals surface area (Å²) in [5, 5.41) is 9.57. The van der Waals surface area contributed by atoms with Crippen LogP contribution in [0.3, 0.4) is 0 Å². The van der Waals surface area contributed by atoms with E-state index in [-0.39, 0.29) is 11.5 Å². The molecule has 0 aromatic carbocycles. The van der Waals surface area contributed by atoms with E-state index in [1.807, 2.05) is 11.8 Å². The van der Waals surface area contributed by atoms with Gasteiger partial charge in [-0.3, -0.25) is 4.79 Å². The third-order valence-corrected chi connectivity index (χ3v) is 4.33. The number of carboxylic acid groups (broad SMARTS) is 1. The quantitative estimate of drug-likeness (QED) is 0.836. The van der Waals surface area contributed by atoms with Crippen molar-refractivity contribution in [1.29, 1.82) is 0 Å². The maximum Gasteiger partial charge on any atom is 0.352 e. The number of aromatic nitrogens is 1. The predicted molar refractivity (Wildman–Crippen MR) is 66.9 cm³/mol. The monoisotopic (exact) mass is 253 g/mol. The van der Waals surface area contributed by atoms with Crippen molar-refractivity contribution in [2.75, 3.05) is 5.75 Å². The van der Waals surface area contributed by atoms with E-state index in [2.05, 4.69) is 0 Å². The van der Waals surface area contributed by atoms with Crippen molar-refractivity contribution in [3.05, 3.63) is 23.5 Å². The number of rotatable bonds is 4. The molecule has 1 aliphatic rings. The van der Waals surface area contributed by atoms with Crippen LogP contribution in [0.5, 0.6) is 0 Å².